The molecule has 0 fully saturated rings. The van der Waals surface area contributed by atoms with Gasteiger partial charge in [0.25, 0.3) is 0 Å². The Morgan fingerprint density at radius 1 is 1.17 bits per heavy atom. The second-order valence-corrected chi connectivity index (χ2v) is 10.8. The van der Waals surface area contributed by atoms with Gasteiger partial charge in [0.05, 0.1) is 16.8 Å². The second kappa shape index (κ2) is 10.6. The van der Waals surface area contributed by atoms with Crippen LogP contribution in [0.4, 0.5) is 0 Å². The molecule has 2 aromatic carbocycles. The SMILES string of the molecule is CC(C)Oc1ccc(C(N)=O)c(C(O)(CCCO)c2ccc(-c3cn(C)c(C(C)(C)C)n3)cc2)c1Cl. The zero-order valence-electron chi connectivity index (χ0n) is 21.8. The van der Waals surface area contributed by atoms with Gasteiger partial charge in [-0.2, -0.15) is 0 Å². The van der Waals surface area contributed by atoms with E-state index in [-0.39, 0.29) is 47.1 Å². The van der Waals surface area contributed by atoms with Crippen LogP contribution in [0.2, 0.25) is 5.02 Å². The summed E-state index contributed by atoms with van der Waals surface area (Å²) in [7, 11) is 1.97. The molecule has 36 heavy (non-hydrogen) atoms. The number of halogens is 1. The molecular weight excluding hydrogens is 478 g/mol. The number of hydrogen-bond acceptors (Lipinski definition) is 5. The molecule has 7 nitrogen and oxygen atoms in total. The molecule has 0 bridgehead atoms. The van der Waals surface area contributed by atoms with Gasteiger partial charge in [0.15, 0.2) is 0 Å². The zero-order chi connectivity index (χ0) is 26.8. The number of rotatable bonds is 9. The van der Waals surface area contributed by atoms with E-state index in [0.717, 1.165) is 17.1 Å². The number of aliphatic hydroxyl groups excluding tert-OH is 1. The maximum Gasteiger partial charge on any atom is 0.249 e. The number of carbonyl (C=O) groups excluding carboxylic acids is 1. The molecule has 0 aliphatic rings. The first-order valence-corrected chi connectivity index (χ1v) is 12.4. The lowest BCUT2D eigenvalue weighted by Crippen LogP contribution is -2.32. The predicted molar refractivity (Wildman–Crippen MR) is 142 cm³/mol. The van der Waals surface area contributed by atoms with Crippen molar-refractivity contribution in [3.8, 4) is 17.0 Å². The van der Waals surface area contributed by atoms with Crippen molar-refractivity contribution in [3.63, 3.8) is 0 Å². The van der Waals surface area contributed by atoms with Crippen LogP contribution >= 0.6 is 11.6 Å². The maximum atomic E-state index is 12.4. The number of aromatic nitrogens is 2. The summed E-state index contributed by atoms with van der Waals surface area (Å²) < 4.78 is 7.83. The van der Waals surface area contributed by atoms with E-state index in [0.29, 0.717) is 11.3 Å². The van der Waals surface area contributed by atoms with E-state index in [4.69, 9.17) is 27.1 Å². The number of primary amides is 1. The molecule has 3 rings (SSSR count). The van der Waals surface area contributed by atoms with E-state index < -0.39 is 11.5 Å². The van der Waals surface area contributed by atoms with Crippen LogP contribution in [0.5, 0.6) is 5.75 Å². The number of carbonyl (C=O) groups is 1. The third kappa shape index (κ3) is 5.59. The number of imidazole rings is 1. The Balaban J connectivity index is 2.15. The van der Waals surface area contributed by atoms with Gasteiger partial charge in [-0.05, 0) is 44.4 Å². The molecule has 0 saturated carbocycles. The molecule has 4 N–H and O–H groups in total. The second-order valence-electron chi connectivity index (χ2n) is 10.4. The minimum absolute atomic E-state index is 0.0974. The standard InChI is InChI=1S/C28H36ClN3O4/c1-17(2)36-22-13-12-20(25(30)34)23(24(22)29)28(35,14-7-15-33)19-10-8-18(9-11-19)21-16-32(6)26(31-21)27(3,4)5/h8-13,16-17,33,35H,7,14-15H2,1-6H3,(H2,30,34). The summed E-state index contributed by atoms with van der Waals surface area (Å²) >= 11 is 6.74. The topological polar surface area (TPSA) is 111 Å². The Hall–Kier alpha value is -2.87. The van der Waals surface area contributed by atoms with Gasteiger partial charge in [-0.15, -0.1) is 0 Å². The molecule has 8 heteroatoms. The first-order chi connectivity index (χ1) is 16.8. The zero-order valence-corrected chi connectivity index (χ0v) is 22.6. The van der Waals surface area contributed by atoms with Gasteiger partial charge in [0.2, 0.25) is 5.91 Å². The van der Waals surface area contributed by atoms with E-state index >= 15 is 0 Å². The lowest BCUT2D eigenvalue weighted by Gasteiger charge is -2.32. The molecule has 0 aliphatic heterocycles. The van der Waals surface area contributed by atoms with Gasteiger partial charge in [-0.1, -0.05) is 56.6 Å². The van der Waals surface area contributed by atoms with Gasteiger partial charge in [0.1, 0.15) is 17.2 Å². The average molecular weight is 514 g/mol. The first kappa shape index (κ1) is 27.7. The predicted octanol–water partition coefficient (Wildman–Crippen LogP) is 4.93. The molecular formula is C28H36ClN3O4. The summed E-state index contributed by atoms with van der Waals surface area (Å²) in [5.74, 6) is 0.583. The monoisotopic (exact) mass is 513 g/mol. The molecule has 0 saturated heterocycles. The van der Waals surface area contributed by atoms with Crippen molar-refractivity contribution in [2.24, 2.45) is 12.8 Å². The minimum atomic E-state index is -1.69. The largest absolute Gasteiger partial charge is 0.489 e. The molecule has 0 aliphatic carbocycles. The quantitative estimate of drug-likeness (QED) is 0.375. The third-order valence-electron chi connectivity index (χ3n) is 6.05. The van der Waals surface area contributed by atoms with Crippen LogP contribution < -0.4 is 10.5 Å². The summed E-state index contributed by atoms with van der Waals surface area (Å²) in [5, 5.41) is 21.8. The fourth-order valence-corrected chi connectivity index (χ4v) is 4.84. The highest BCUT2D eigenvalue weighted by atomic mass is 35.5. The summed E-state index contributed by atoms with van der Waals surface area (Å²) in [6.07, 6.45) is 2.20. The molecule has 0 spiro atoms. The Morgan fingerprint density at radius 2 is 1.81 bits per heavy atom. The molecule has 194 valence electrons. The number of aryl methyl sites for hydroxylation is 1. The fourth-order valence-electron chi connectivity index (χ4n) is 4.48. The molecule has 1 atom stereocenters. The molecule has 1 amide bonds. The molecule has 1 aromatic heterocycles. The Morgan fingerprint density at radius 3 is 2.31 bits per heavy atom. The lowest BCUT2D eigenvalue weighted by molar-refractivity contribution is 0.0606. The van der Waals surface area contributed by atoms with Crippen LogP contribution in [0.3, 0.4) is 0 Å². The van der Waals surface area contributed by atoms with E-state index in [2.05, 4.69) is 20.8 Å². The van der Waals surface area contributed by atoms with Crippen molar-refractivity contribution in [1.82, 2.24) is 9.55 Å². The Labute approximate surface area is 217 Å². The van der Waals surface area contributed by atoms with Gasteiger partial charge in [-0.25, -0.2) is 4.98 Å². The van der Waals surface area contributed by atoms with Crippen LogP contribution in [0.25, 0.3) is 11.3 Å². The number of nitrogens with zero attached hydrogens (tertiary/aromatic N) is 2. The van der Waals surface area contributed by atoms with E-state index in [1.54, 1.807) is 18.2 Å². The lowest BCUT2D eigenvalue weighted by atomic mass is 9.79. The Kier molecular flexibility index (Phi) is 8.18. The summed E-state index contributed by atoms with van der Waals surface area (Å²) in [6, 6.07) is 10.4. The number of hydrogen-bond donors (Lipinski definition) is 3. The number of aliphatic hydroxyl groups is 2. The van der Waals surface area contributed by atoms with Crippen LogP contribution in [0, 0.1) is 0 Å². The minimum Gasteiger partial charge on any atom is -0.489 e. The van der Waals surface area contributed by atoms with Gasteiger partial charge in [0, 0.05) is 42.0 Å². The van der Waals surface area contributed by atoms with Crippen LogP contribution in [0.1, 0.15) is 74.8 Å². The number of amides is 1. The van der Waals surface area contributed by atoms with Crippen molar-refractivity contribution < 1.29 is 19.7 Å². The Bertz CT molecular complexity index is 1230. The fraction of sp³-hybridized carbons (Fsp3) is 0.429. The normalized spacial score (nSPS) is 13.6. The molecule has 0 radical (unpaired) electrons. The number of benzene rings is 2. The van der Waals surface area contributed by atoms with Crippen molar-refractivity contribution in [1.29, 1.82) is 0 Å². The smallest absolute Gasteiger partial charge is 0.249 e. The van der Waals surface area contributed by atoms with Crippen molar-refractivity contribution in [2.75, 3.05) is 6.61 Å². The highest BCUT2D eigenvalue weighted by Crippen LogP contribution is 2.44. The van der Waals surface area contributed by atoms with Crippen LogP contribution in [0.15, 0.2) is 42.6 Å². The summed E-state index contributed by atoms with van der Waals surface area (Å²) in [6.45, 7) is 9.91. The van der Waals surface area contributed by atoms with E-state index in [1.807, 2.05) is 43.8 Å². The number of nitrogens with two attached hydrogens (primary N) is 1. The van der Waals surface area contributed by atoms with Gasteiger partial charge in [-0.3, -0.25) is 4.79 Å². The van der Waals surface area contributed by atoms with Crippen LogP contribution in [-0.2, 0) is 18.1 Å². The summed E-state index contributed by atoms with van der Waals surface area (Å²) in [5.41, 5.74) is 6.35. The van der Waals surface area contributed by atoms with Crippen molar-refractivity contribution in [3.05, 3.63) is 70.1 Å². The highest BCUT2D eigenvalue weighted by molar-refractivity contribution is 6.33. The van der Waals surface area contributed by atoms with Gasteiger partial charge < -0.3 is 25.3 Å². The van der Waals surface area contributed by atoms with Crippen molar-refractivity contribution in [2.45, 2.75) is 64.6 Å². The first-order valence-electron chi connectivity index (χ1n) is 12.1. The van der Waals surface area contributed by atoms with E-state index in [1.165, 1.54) is 6.07 Å². The number of ether oxygens (including phenoxy) is 1. The molecule has 3 aromatic rings. The van der Waals surface area contributed by atoms with Gasteiger partial charge >= 0.3 is 0 Å². The molecule has 1 heterocycles. The third-order valence-corrected chi connectivity index (χ3v) is 6.43. The van der Waals surface area contributed by atoms with E-state index in [9.17, 15) is 15.0 Å². The summed E-state index contributed by atoms with van der Waals surface area (Å²) in [4.78, 5) is 17.2. The van der Waals surface area contributed by atoms with Crippen molar-refractivity contribution >= 4 is 17.5 Å². The molecule has 1 unspecified atom stereocenters. The maximum absolute atomic E-state index is 12.4. The van der Waals surface area contributed by atoms with Crippen LogP contribution in [-0.4, -0.2) is 38.4 Å². The highest BCUT2D eigenvalue weighted by Gasteiger charge is 2.38. The average Bonchev–Trinajstić information content (AvgIpc) is 3.20.